The molecule has 2 aromatic carbocycles. The third kappa shape index (κ3) is 2.01. The Balaban J connectivity index is 2.12. The first-order valence-corrected chi connectivity index (χ1v) is 6.62. The fourth-order valence-electron chi connectivity index (χ4n) is 2.66. The summed E-state index contributed by atoms with van der Waals surface area (Å²) in [5.41, 5.74) is 1.97. The molecule has 3 heteroatoms. The summed E-state index contributed by atoms with van der Waals surface area (Å²) in [6, 6.07) is 16.7. The molecule has 3 nitrogen and oxygen atoms in total. The monoisotopic (exact) mass is 265 g/mol. The van der Waals surface area contributed by atoms with Gasteiger partial charge in [-0.25, -0.2) is 0 Å². The molecule has 1 amide bonds. The predicted molar refractivity (Wildman–Crippen MR) is 76.9 cm³/mol. The average molecular weight is 265 g/mol. The van der Waals surface area contributed by atoms with E-state index in [0.29, 0.717) is 17.7 Å². The molecule has 1 atom stereocenters. The number of ketones is 1. The third-order valence-electron chi connectivity index (χ3n) is 3.74. The smallest absolute Gasteiger partial charge is 0.254 e. The highest BCUT2D eigenvalue weighted by molar-refractivity contribution is 6.12. The highest BCUT2D eigenvalue weighted by Crippen LogP contribution is 2.27. The van der Waals surface area contributed by atoms with Crippen LogP contribution in [0.25, 0.3) is 0 Å². The van der Waals surface area contributed by atoms with Gasteiger partial charge in [0.1, 0.15) is 0 Å². The van der Waals surface area contributed by atoms with Crippen LogP contribution >= 0.6 is 0 Å². The topological polar surface area (TPSA) is 37.4 Å². The van der Waals surface area contributed by atoms with Gasteiger partial charge in [0.25, 0.3) is 5.91 Å². The number of Topliss-reactive ketones (excluding diaryl/α,β-unsaturated/α-hetero) is 1. The Kier molecular flexibility index (Phi) is 3.11. The molecular formula is C17H15NO2. The number of benzene rings is 2. The van der Waals surface area contributed by atoms with Gasteiger partial charge in [0.2, 0.25) is 0 Å². The molecule has 1 heterocycles. The Bertz CT molecular complexity index is 664. The second kappa shape index (κ2) is 4.93. The van der Waals surface area contributed by atoms with Crippen LogP contribution in [-0.2, 0) is 0 Å². The summed E-state index contributed by atoms with van der Waals surface area (Å²) in [5, 5.41) is 0. The third-order valence-corrected chi connectivity index (χ3v) is 3.74. The second-order valence-corrected chi connectivity index (χ2v) is 5.06. The Morgan fingerprint density at radius 3 is 2.20 bits per heavy atom. The molecule has 0 saturated heterocycles. The maximum absolute atomic E-state index is 12.7. The summed E-state index contributed by atoms with van der Waals surface area (Å²) >= 11 is 0. The number of carbonyl (C=O) groups excluding carboxylic acids is 2. The van der Waals surface area contributed by atoms with Crippen LogP contribution in [0.5, 0.6) is 0 Å². The molecule has 1 aliphatic rings. The molecule has 100 valence electrons. The molecule has 0 fully saturated rings. The van der Waals surface area contributed by atoms with E-state index in [0.717, 1.165) is 5.56 Å². The lowest BCUT2D eigenvalue weighted by Gasteiger charge is -2.19. The second-order valence-electron chi connectivity index (χ2n) is 5.06. The van der Waals surface area contributed by atoms with Crippen LogP contribution in [0.15, 0.2) is 54.6 Å². The molecule has 0 saturated carbocycles. The van der Waals surface area contributed by atoms with Crippen molar-refractivity contribution in [2.45, 2.75) is 5.92 Å². The predicted octanol–water partition coefficient (Wildman–Crippen LogP) is 2.74. The standard InChI is InChI=1S/C17H15NO2/c1-18-11-15(12-7-3-2-4-8-12)16(19)13-9-5-6-10-14(13)17(18)20/h2-10,15H,11H2,1H3. The van der Waals surface area contributed by atoms with Crippen molar-refractivity contribution in [1.29, 1.82) is 0 Å². The van der Waals surface area contributed by atoms with E-state index in [-0.39, 0.29) is 17.6 Å². The Labute approximate surface area is 117 Å². The number of hydrogen-bond acceptors (Lipinski definition) is 2. The van der Waals surface area contributed by atoms with Crippen molar-refractivity contribution in [3.05, 3.63) is 71.3 Å². The average Bonchev–Trinajstić information content (AvgIpc) is 2.60. The van der Waals surface area contributed by atoms with Gasteiger partial charge >= 0.3 is 0 Å². The molecular weight excluding hydrogens is 250 g/mol. The van der Waals surface area contributed by atoms with Crippen LogP contribution in [0, 0.1) is 0 Å². The van der Waals surface area contributed by atoms with Crippen molar-refractivity contribution in [3.8, 4) is 0 Å². The van der Waals surface area contributed by atoms with Crippen LogP contribution in [0.3, 0.4) is 0 Å². The lowest BCUT2D eigenvalue weighted by Crippen LogP contribution is -2.30. The maximum atomic E-state index is 12.7. The summed E-state index contributed by atoms with van der Waals surface area (Å²) < 4.78 is 0. The lowest BCUT2D eigenvalue weighted by atomic mass is 9.90. The number of hydrogen-bond donors (Lipinski definition) is 0. The van der Waals surface area contributed by atoms with Crippen molar-refractivity contribution >= 4 is 11.7 Å². The zero-order valence-corrected chi connectivity index (χ0v) is 11.2. The Morgan fingerprint density at radius 1 is 0.900 bits per heavy atom. The van der Waals surface area contributed by atoms with Gasteiger partial charge in [-0.1, -0.05) is 48.5 Å². The van der Waals surface area contributed by atoms with Crippen molar-refractivity contribution in [2.75, 3.05) is 13.6 Å². The van der Waals surface area contributed by atoms with E-state index in [1.807, 2.05) is 30.3 Å². The number of carbonyl (C=O) groups is 2. The summed E-state index contributed by atoms with van der Waals surface area (Å²) in [6.07, 6.45) is 0. The first-order chi connectivity index (χ1) is 9.68. The van der Waals surface area contributed by atoms with E-state index in [1.165, 1.54) is 0 Å². The number of fused-ring (bicyclic) bond motifs is 1. The molecule has 1 unspecified atom stereocenters. The van der Waals surface area contributed by atoms with Crippen molar-refractivity contribution < 1.29 is 9.59 Å². The van der Waals surface area contributed by atoms with E-state index in [4.69, 9.17) is 0 Å². The SMILES string of the molecule is CN1CC(c2ccccc2)C(=O)c2ccccc2C1=O. The van der Waals surface area contributed by atoms with Crippen LogP contribution in [0.4, 0.5) is 0 Å². The molecule has 2 aromatic rings. The van der Waals surface area contributed by atoms with Gasteiger partial charge in [-0.3, -0.25) is 9.59 Å². The summed E-state index contributed by atoms with van der Waals surface area (Å²) in [4.78, 5) is 26.7. The fraction of sp³-hybridized carbons (Fsp3) is 0.176. The number of likely N-dealkylation sites (N-methyl/N-ethyl adjacent to an activating group) is 1. The van der Waals surface area contributed by atoms with Crippen molar-refractivity contribution in [1.82, 2.24) is 4.90 Å². The Morgan fingerprint density at radius 2 is 1.50 bits per heavy atom. The van der Waals surface area contributed by atoms with Crippen LogP contribution in [0.1, 0.15) is 32.2 Å². The van der Waals surface area contributed by atoms with E-state index in [2.05, 4.69) is 0 Å². The highest BCUT2D eigenvalue weighted by Gasteiger charge is 2.32. The molecule has 0 spiro atoms. The minimum Gasteiger partial charge on any atom is -0.341 e. The molecule has 3 rings (SSSR count). The number of amides is 1. The highest BCUT2D eigenvalue weighted by atomic mass is 16.2. The lowest BCUT2D eigenvalue weighted by molar-refractivity contribution is 0.0788. The van der Waals surface area contributed by atoms with Gasteiger partial charge in [-0.2, -0.15) is 0 Å². The molecule has 0 bridgehead atoms. The van der Waals surface area contributed by atoms with E-state index < -0.39 is 0 Å². The first-order valence-electron chi connectivity index (χ1n) is 6.62. The fourth-order valence-corrected chi connectivity index (χ4v) is 2.66. The summed E-state index contributed by atoms with van der Waals surface area (Å²) in [6.45, 7) is 0.413. The molecule has 20 heavy (non-hydrogen) atoms. The number of rotatable bonds is 1. The van der Waals surface area contributed by atoms with Gasteiger partial charge in [0.05, 0.1) is 11.5 Å². The maximum Gasteiger partial charge on any atom is 0.254 e. The van der Waals surface area contributed by atoms with Crippen LogP contribution in [0.2, 0.25) is 0 Å². The van der Waals surface area contributed by atoms with Gasteiger partial charge in [-0.05, 0) is 11.6 Å². The van der Waals surface area contributed by atoms with Crippen molar-refractivity contribution in [3.63, 3.8) is 0 Å². The van der Waals surface area contributed by atoms with Crippen LogP contribution in [-0.4, -0.2) is 30.2 Å². The molecule has 1 aliphatic heterocycles. The largest absolute Gasteiger partial charge is 0.341 e. The van der Waals surface area contributed by atoms with Crippen LogP contribution < -0.4 is 0 Å². The van der Waals surface area contributed by atoms with Gasteiger partial charge in [0, 0.05) is 19.2 Å². The van der Waals surface area contributed by atoms with Gasteiger partial charge in [-0.15, -0.1) is 0 Å². The first kappa shape index (κ1) is 12.6. The van der Waals surface area contributed by atoms with E-state index >= 15 is 0 Å². The van der Waals surface area contributed by atoms with Gasteiger partial charge < -0.3 is 4.90 Å². The zero-order chi connectivity index (χ0) is 14.1. The number of nitrogens with zero attached hydrogens (tertiary/aromatic N) is 1. The van der Waals surface area contributed by atoms with Crippen molar-refractivity contribution in [2.24, 2.45) is 0 Å². The molecule has 0 aliphatic carbocycles. The minimum atomic E-state index is -0.297. The zero-order valence-electron chi connectivity index (χ0n) is 11.2. The summed E-state index contributed by atoms with van der Waals surface area (Å²) in [5.74, 6) is -0.370. The quantitative estimate of drug-likeness (QED) is 0.795. The minimum absolute atomic E-state index is 0.0181. The molecule has 0 aromatic heterocycles. The van der Waals surface area contributed by atoms with E-state index in [1.54, 1.807) is 36.2 Å². The van der Waals surface area contributed by atoms with E-state index in [9.17, 15) is 9.59 Å². The van der Waals surface area contributed by atoms with Gasteiger partial charge in [0.15, 0.2) is 5.78 Å². The summed E-state index contributed by atoms with van der Waals surface area (Å²) in [7, 11) is 1.74. The Hall–Kier alpha value is -2.42. The molecule has 0 N–H and O–H groups in total. The normalized spacial score (nSPS) is 18.6. The molecule has 0 radical (unpaired) electrons.